The molecule has 0 bridgehead atoms. The molecule has 0 radical (unpaired) electrons. The molecule has 1 atom stereocenters. The molecule has 1 aromatic heterocycles. The number of amides is 1. The highest BCUT2D eigenvalue weighted by atomic mass is 35.5. The number of nitrogens with zero attached hydrogens (tertiary/aromatic N) is 1. The Bertz CT molecular complexity index is 869. The van der Waals surface area contributed by atoms with Crippen LogP contribution < -0.4 is 10.1 Å². The van der Waals surface area contributed by atoms with Crippen molar-refractivity contribution in [3.8, 4) is 5.75 Å². The molecule has 0 unspecified atom stereocenters. The highest BCUT2D eigenvalue weighted by molar-refractivity contribution is 6.36. The Balaban J connectivity index is 1.56. The monoisotopic (exact) mass is 372 g/mol. The summed E-state index contributed by atoms with van der Waals surface area (Å²) in [6.45, 7) is 3.46. The average molecular weight is 373 g/mol. The average Bonchev–Trinajstić information content (AvgIpc) is 3.06. The van der Waals surface area contributed by atoms with E-state index in [2.05, 4.69) is 22.9 Å². The molecule has 1 aliphatic heterocycles. The largest absolute Gasteiger partial charge is 0.486 e. The number of nitrogens with one attached hydrogen (secondary N) is 1. The molecular weight excluding hydrogens is 348 g/mol. The minimum Gasteiger partial charge on any atom is -0.486 e. The van der Waals surface area contributed by atoms with Gasteiger partial charge in [-0.2, -0.15) is 0 Å². The van der Waals surface area contributed by atoms with Crippen molar-refractivity contribution < 1.29 is 9.53 Å². The number of aromatic nitrogens is 1. The molecule has 2 aromatic rings. The first-order valence-corrected chi connectivity index (χ1v) is 9.99. The van der Waals surface area contributed by atoms with Gasteiger partial charge in [0.2, 0.25) is 0 Å². The maximum Gasteiger partial charge on any atom is 0.267 e. The van der Waals surface area contributed by atoms with E-state index in [-0.39, 0.29) is 12.0 Å². The zero-order chi connectivity index (χ0) is 18.1. The molecule has 0 saturated heterocycles. The molecule has 4 nitrogen and oxygen atoms in total. The molecule has 4 rings (SSSR count). The van der Waals surface area contributed by atoms with Gasteiger partial charge in [-0.3, -0.25) is 4.79 Å². The van der Waals surface area contributed by atoms with Gasteiger partial charge in [0.1, 0.15) is 17.5 Å². The molecular formula is C21H25ClN2O2. The van der Waals surface area contributed by atoms with E-state index < -0.39 is 0 Å². The Morgan fingerprint density at radius 3 is 3.04 bits per heavy atom. The second-order valence-electron chi connectivity index (χ2n) is 7.21. The summed E-state index contributed by atoms with van der Waals surface area (Å²) in [6, 6.07) is 5.65. The minimum atomic E-state index is -0.0311. The van der Waals surface area contributed by atoms with Crippen molar-refractivity contribution in [1.29, 1.82) is 0 Å². The summed E-state index contributed by atoms with van der Waals surface area (Å²) in [5.74, 6) is 0.783. The first-order valence-electron chi connectivity index (χ1n) is 9.62. The number of hydrogen-bond donors (Lipinski definition) is 1. The third-order valence-electron chi connectivity index (χ3n) is 5.45. The van der Waals surface area contributed by atoms with Crippen LogP contribution in [-0.4, -0.2) is 23.1 Å². The van der Waals surface area contributed by atoms with Gasteiger partial charge in [-0.15, -0.1) is 0 Å². The normalized spacial score (nSPS) is 19.2. The van der Waals surface area contributed by atoms with Crippen LogP contribution in [-0.2, 0) is 6.54 Å². The van der Waals surface area contributed by atoms with Gasteiger partial charge in [0.05, 0.1) is 17.1 Å². The number of carbonyl (C=O) groups is 1. The zero-order valence-electron chi connectivity index (χ0n) is 15.2. The number of allylic oxidation sites excluding steroid dienone is 1. The Labute approximate surface area is 159 Å². The molecule has 26 heavy (non-hydrogen) atoms. The van der Waals surface area contributed by atoms with Crippen LogP contribution >= 0.6 is 11.6 Å². The van der Waals surface area contributed by atoms with Gasteiger partial charge >= 0.3 is 0 Å². The summed E-state index contributed by atoms with van der Waals surface area (Å²) in [7, 11) is 0. The van der Waals surface area contributed by atoms with E-state index in [1.54, 1.807) is 0 Å². The van der Waals surface area contributed by atoms with E-state index in [1.807, 2.05) is 18.2 Å². The van der Waals surface area contributed by atoms with Gasteiger partial charge in [0, 0.05) is 11.9 Å². The number of rotatable bonds is 5. The van der Waals surface area contributed by atoms with Crippen LogP contribution in [0.4, 0.5) is 0 Å². The summed E-state index contributed by atoms with van der Waals surface area (Å²) in [6.07, 6.45) is 9.17. The van der Waals surface area contributed by atoms with E-state index in [0.29, 0.717) is 23.8 Å². The molecule has 138 valence electrons. The highest BCUT2D eigenvalue weighted by Crippen LogP contribution is 2.38. The summed E-state index contributed by atoms with van der Waals surface area (Å²) < 4.78 is 8.12. The maximum atomic E-state index is 12.8. The maximum absolute atomic E-state index is 12.8. The standard InChI is InChI=1S/C21H25ClN2O2/c1-2-15-13-24-18(12-16-17(22)8-9-19(26-15)20(16)24)21(25)23-11-10-14-6-4-3-5-7-14/h6,8-9,12,15H,2-5,7,10-11,13H2,1H3,(H,23,25)/t15-/m1/s1. The van der Waals surface area contributed by atoms with Crippen molar-refractivity contribution in [2.24, 2.45) is 0 Å². The summed E-state index contributed by atoms with van der Waals surface area (Å²) >= 11 is 6.37. The van der Waals surface area contributed by atoms with Gasteiger partial charge in [0.25, 0.3) is 5.91 Å². The third-order valence-corrected chi connectivity index (χ3v) is 5.78. The molecule has 1 amide bonds. The summed E-state index contributed by atoms with van der Waals surface area (Å²) in [4.78, 5) is 12.8. The third kappa shape index (κ3) is 3.23. The fraction of sp³-hybridized carbons (Fsp3) is 0.476. The smallest absolute Gasteiger partial charge is 0.267 e. The molecule has 0 spiro atoms. The van der Waals surface area contributed by atoms with Crippen LogP contribution in [0.2, 0.25) is 5.02 Å². The van der Waals surface area contributed by atoms with Crippen molar-refractivity contribution in [3.63, 3.8) is 0 Å². The van der Waals surface area contributed by atoms with Crippen molar-refractivity contribution in [2.75, 3.05) is 6.54 Å². The molecule has 2 aliphatic rings. The fourth-order valence-electron chi connectivity index (χ4n) is 3.98. The van der Waals surface area contributed by atoms with Crippen LogP contribution in [0.5, 0.6) is 5.75 Å². The van der Waals surface area contributed by atoms with E-state index >= 15 is 0 Å². The first-order chi connectivity index (χ1) is 12.7. The van der Waals surface area contributed by atoms with E-state index in [0.717, 1.165) is 29.5 Å². The number of ether oxygens (including phenoxy) is 1. The molecule has 1 aromatic carbocycles. The molecule has 2 heterocycles. The summed E-state index contributed by atoms with van der Waals surface area (Å²) in [5.41, 5.74) is 3.08. The number of halogens is 1. The lowest BCUT2D eigenvalue weighted by Crippen LogP contribution is -2.32. The quantitative estimate of drug-likeness (QED) is 0.743. The SMILES string of the molecule is CC[C@@H]1Cn2c(C(=O)NCCC3=CCCCC3)cc3c(Cl)ccc(c32)O1. The number of benzene rings is 1. The predicted molar refractivity (Wildman–Crippen MR) is 105 cm³/mol. The topological polar surface area (TPSA) is 43.3 Å². The zero-order valence-corrected chi connectivity index (χ0v) is 15.9. The van der Waals surface area contributed by atoms with E-state index in [9.17, 15) is 4.79 Å². The molecule has 5 heteroatoms. The molecule has 1 N–H and O–H groups in total. The number of hydrogen-bond acceptors (Lipinski definition) is 2. The Kier molecular flexibility index (Phi) is 4.94. The van der Waals surface area contributed by atoms with E-state index in [1.165, 1.54) is 31.3 Å². The Hall–Kier alpha value is -1.94. The van der Waals surface area contributed by atoms with Gasteiger partial charge < -0.3 is 14.6 Å². The number of carbonyl (C=O) groups excluding carboxylic acids is 1. The van der Waals surface area contributed by atoms with E-state index in [4.69, 9.17) is 16.3 Å². The van der Waals surface area contributed by atoms with Crippen LogP contribution in [0.25, 0.3) is 10.9 Å². The van der Waals surface area contributed by atoms with Gasteiger partial charge in [-0.05, 0) is 56.7 Å². The van der Waals surface area contributed by atoms with Gasteiger partial charge in [0.15, 0.2) is 0 Å². The van der Waals surface area contributed by atoms with Crippen molar-refractivity contribution in [2.45, 2.75) is 58.1 Å². The van der Waals surface area contributed by atoms with Crippen molar-refractivity contribution in [1.82, 2.24) is 9.88 Å². The lowest BCUT2D eigenvalue weighted by molar-refractivity contribution is 0.0938. The minimum absolute atomic E-state index is 0.0311. The molecule has 0 fully saturated rings. The van der Waals surface area contributed by atoms with Gasteiger partial charge in [-0.1, -0.05) is 30.2 Å². The second-order valence-corrected chi connectivity index (χ2v) is 7.62. The molecule has 1 aliphatic carbocycles. The van der Waals surface area contributed by atoms with Crippen LogP contribution in [0, 0.1) is 0 Å². The van der Waals surface area contributed by atoms with Crippen molar-refractivity contribution >= 4 is 28.4 Å². The molecule has 0 saturated carbocycles. The fourth-order valence-corrected chi connectivity index (χ4v) is 4.19. The van der Waals surface area contributed by atoms with Crippen molar-refractivity contribution in [3.05, 3.63) is 40.6 Å². The Morgan fingerprint density at radius 2 is 2.27 bits per heavy atom. The van der Waals surface area contributed by atoms with Gasteiger partial charge in [-0.25, -0.2) is 0 Å². The lowest BCUT2D eigenvalue weighted by atomic mass is 9.97. The lowest BCUT2D eigenvalue weighted by Gasteiger charge is -2.26. The summed E-state index contributed by atoms with van der Waals surface area (Å²) in [5, 5.41) is 4.64. The van der Waals surface area contributed by atoms with Crippen LogP contribution in [0.3, 0.4) is 0 Å². The van der Waals surface area contributed by atoms with Crippen LogP contribution in [0.15, 0.2) is 29.8 Å². The second kappa shape index (κ2) is 7.36. The van der Waals surface area contributed by atoms with Crippen LogP contribution in [0.1, 0.15) is 55.9 Å². The first kappa shape index (κ1) is 17.5. The predicted octanol–water partition coefficient (Wildman–Crippen LogP) is 5.09. The Morgan fingerprint density at radius 1 is 1.38 bits per heavy atom. The highest BCUT2D eigenvalue weighted by Gasteiger charge is 2.26.